The van der Waals surface area contributed by atoms with Crippen molar-refractivity contribution in [3.63, 3.8) is 0 Å². The van der Waals surface area contributed by atoms with Crippen LogP contribution in [-0.2, 0) is 21.5 Å². The van der Waals surface area contributed by atoms with Crippen LogP contribution in [0, 0.1) is 0 Å². The third-order valence-corrected chi connectivity index (χ3v) is 6.20. The van der Waals surface area contributed by atoms with Crippen molar-refractivity contribution in [2.24, 2.45) is 0 Å². The average Bonchev–Trinajstić information content (AvgIpc) is 3.43. The van der Waals surface area contributed by atoms with Gasteiger partial charge in [0.05, 0.1) is 11.7 Å². The Bertz CT molecular complexity index is 1250. The standard InChI is InChI=1S/C20H20N4O4S2/c1-11(16-22-19(23-28-16)20(2,3)4)27-14(25)8-24-10-21-17-15(18(24)26)12(9-30-17)13-6-5-7-29-13/h5-7,9-11H,8H2,1-4H3. The van der Waals surface area contributed by atoms with Crippen molar-refractivity contribution in [3.8, 4) is 10.4 Å². The van der Waals surface area contributed by atoms with E-state index in [1.807, 2.05) is 43.7 Å². The number of ether oxygens (including phenoxy) is 1. The molecule has 0 aliphatic rings. The zero-order chi connectivity index (χ0) is 21.5. The van der Waals surface area contributed by atoms with Crippen LogP contribution in [0.25, 0.3) is 20.7 Å². The van der Waals surface area contributed by atoms with Crippen LogP contribution in [0.3, 0.4) is 0 Å². The Balaban J connectivity index is 1.53. The van der Waals surface area contributed by atoms with Gasteiger partial charge in [0.25, 0.3) is 11.4 Å². The summed E-state index contributed by atoms with van der Waals surface area (Å²) in [6, 6.07) is 3.88. The van der Waals surface area contributed by atoms with Gasteiger partial charge < -0.3 is 9.26 Å². The molecule has 0 aliphatic carbocycles. The SMILES string of the molecule is CC(OC(=O)Cn1cnc2scc(-c3cccs3)c2c1=O)c1nc(C(C)(C)C)no1. The molecule has 0 fully saturated rings. The molecule has 30 heavy (non-hydrogen) atoms. The van der Waals surface area contributed by atoms with Gasteiger partial charge in [0.15, 0.2) is 11.9 Å². The van der Waals surface area contributed by atoms with Crippen LogP contribution in [0.1, 0.15) is 45.5 Å². The lowest BCUT2D eigenvalue weighted by molar-refractivity contribution is -0.150. The lowest BCUT2D eigenvalue weighted by Crippen LogP contribution is -2.26. The van der Waals surface area contributed by atoms with E-state index in [9.17, 15) is 9.59 Å². The van der Waals surface area contributed by atoms with E-state index in [-0.39, 0.29) is 23.4 Å². The van der Waals surface area contributed by atoms with E-state index in [1.165, 1.54) is 22.2 Å². The molecule has 4 aromatic heterocycles. The van der Waals surface area contributed by atoms with Crippen LogP contribution in [-0.4, -0.2) is 25.7 Å². The second-order valence-electron chi connectivity index (χ2n) is 7.82. The zero-order valence-electron chi connectivity index (χ0n) is 16.9. The molecule has 1 atom stereocenters. The van der Waals surface area contributed by atoms with Crippen LogP contribution >= 0.6 is 22.7 Å². The van der Waals surface area contributed by atoms with Crippen LogP contribution in [0.15, 0.2) is 38.5 Å². The fourth-order valence-corrected chi connectivity index (χ4v) is 4.54. The summed E-state index contributed by atoms with van der Waals surface area (Å²) in [5, 5.41) is 8.32. The molecular weight excluding hydrogens is 424 g/mol. The van der Waals surface area contributed by atoms with E-state index in [4.69, 9.17) is 9.26 Å². The first-order chi connectivity index (χ1) is 14.2. The summed E-state index contributed by atoms with van der Waals surface area (Å²) >= 11 is 2.95. The number of carbonyl (C=O) groups is 1. The number of carbonyl (C=O) groups excluding carboxylic acids is 1. The minimum absolute atomic E-state index is 0.215. The number of aromatic nitrogens is 4. The van der Waals surface area contributed by atoms with Gasteiger partial charge in [-0.3, -0.25) is 14.2 Å². The van der Waals surface area contributed by atoms with E-state index in [2.05, 4.69) is 15.1 Å². The predicted molar refractivity (Wildman–Crippen MR) is 115 cm³/mol. The molecule has 8 nitrogen and oxygen atoms in total. The molecule has 0 spiro atoms. The monoisotopic (exact) mass is 444 g/mol. The Morgan fingerprint density at radius 3 is 2.80 bits per heavy atom. The van der Waals surface area contributed by atoms with Crippen LogP contribution < -0.4 is 5.56 Å². The quantitative estimate of drug-likeness (QED) is 0.426. The third kappa shape index (κ3) is 3.92. The first-order valence-corrected chi connectivity index (χ1v) is 11.0. The van der Waals surface area contributed by atoms with Gasteiger partial charge in [-0.05, 0) is 18.4 Å². The fraction of sp³-hybridized carbons (Fsp3) is 0.350. The summed E-state index contributed by atoms with van der Waals surface area (Å²) in [5.74, 6) is 0.158. The minimum Gasteiger partial charge on any atom is -0.451 e. The molecule has 0 amide bonds. The summed E-state index contributed by atoms with van der Waals surface area (Å²) in [4.78, 5) is 35.7. The molecule has 0 aliphatic heterocycles. The molecule has 156 valence electrons. The topological polar surface area (TPSA) is 100 Å². The molecule has 10 heteroatoms. The van der Waals surface area contributed by atoms with Gasteiger partial charge in [-0.15, -0.1) is 22.7 Å². The highest BCUT2D eigenvalue weighted by Crippen LogP contribution is 2.33. The fourth-order valence-electron chi connectivity index (χ4n) is 2.82. The molecule has 0 radical (unpaired) electrons. The van der Waals surface area contributed by atoms with Crippen molar-refractivity contribution >= 4 is 38.9 Å². The van der Waals surface area contributed by atoms with Crippen molar-refractivity contribution in [1.29, 1.82) is 0 Å². The summed E-state index contributed by atoms with van der Waals surface area (Å²) in [7, 11) is 0. The van der Waals surface area contributed by atoms with Gasteiger partial charge in [-0.1, -0.05) is 32.0 Å². The largest absolute Gasteiger partial charge is 0.451 e. The lowest BCUT2D eigenvalue weighted by Gasteiger charge is -2.12. The van der Waals surface area contributed by atoms with Crippen molar-refractivity contribution < 1.29 is 14.1 Å². The van der Waals surface area contributed by atoms with E-state index < -0.39 is 12.1 Å². The summed E-state index contributed by atoms with van der Waals surface area (Å²) < 4.78 is 11.9. The van der Waals surface area contributed by atoms with E-state index in [0.29, 0.717) is 16.0 Å². The maximum absolute atomic E-state index is 13.0. The highest BCUT2D eigenvalue weighted by molar-refractivity contribution is 7.18. The molecule has 4 heterocycles. The van der Waals surface area contributed by atoms with Gasteiger partial charge in [0.2, 0.25) is 0 Å². The second kappa shape index (κ2) is 7.77. The normalized spacial score (nSPS) is 12.9. The number of nitrogens with zero attached hydrogens (tertiary/aromatic N) is 4. The summed E-state index contributed by atoms with van der Waals surface area (Å²) in [6.07, 6.45) is 0.645. The van der Waals surface area contributed by atoms with Gasteiger partial charge >= 0.3 is 5.97 Å². The maximum atomic E-state index is 13.0. The average molecular weight is 445 g/mol. The number of hydrogen-bond acceptors (Lipinski definition) is 9. The Morgan fingerprint density at radius 1 is 1.33 bits per heavy atom. The number of rotatable bonds is 5. The third-order valence-electron chi connectivity index (χ3n) is 4.42. The molecular formula is C20H20N4O4S2. The number of hydrogen-bond donors (Lipinski definition) is 0. The molecule has 0 saturated heterocycles. The van der Waals surface area contributed by atoms with Crippen LogP contribution in [0.2, 0.25) is 0 Å². The molecule has 1 unspecified atom stereocenters. The van der Waals surface area contributed by atoms with Crippen LogP contribution in [0.5, 0.6) is 0 Å². The molecule has 0 N–H and O–H groups in total. The molecule has 4 aromatic rings. The van der Waals surface area contributed by atoms with E-state index in [0.717, 1.165) is 10.4 Å². The summed E-state index contributed by atoms with van der Waals surface area (Å²) in [6.45, 7) is 7.27. The van der Waals surface area contributed by atoms with E-state index in [1.54, 1.807) is 18.3 Å². The second-order valence-corrected chi connectivity index (χ2v) is 9.63. The van der Waals surface area contributed by atoms with Crippen molar-refractivity contribution in [3.05, 3.63) is 51.3 Å². The molecule has 0 bridgehead atoms. The Labute approximate surface area is 180 Å². The summed E-state index contributed by atoms with van der Waals surface area (Å²) in [5.41, 5.74) is 0.280. The van der Waals surface area contributed by atoms with Crippen molar-refractivity contribution in [2.45, 2.75) is 45.8 Å². The number of thiophene rings is 2. The van der Waals surface area contributed by atoms with Gasteiger partial charge in [-0.25, -0.2) is 4.98 Å². The van der Waals surface area contributed by atoms with Gasteiger partial charge in [0, 0.05) is 21.2 Å². The Hall–Kier alpha value is -2.85. The molecule has 4 rings (SSSR count). The Morgan fingerprint density at radius 2 is 2.13 bits per heavy atom. The first kappa shape index (κ1) is 20.4. The van der Waals surface area contributed by atoms with Crippen molar-refractivity contribution in [2.75, 3.05) is 0 Å². The van der Waals surface area contributed by atoms with Gasteiger partial charge in [0.1, 0.15) is 11.4 Å². The zero-order valence-corrected chi connectivity index (χ0v) is 18.5. The first-order valence-electron chi connectivity index (χ1n) is 9.28. The highest BCUT2D eigenvalue weighted by atomic mass is 32.1. The smallest absolute Gasteiger partial charge is 0.326 e. The highest BCUT2D eigenvalue weighted by Gasteiger charge is 2.25. The number of fused-ring (bicyclic) bond motifs is 1. The Kier molecular flexibility index (Phi) is 5.29. The maximum Gasteiger partial charge on any atom is 0.326 e. The van der Waals surface area contributed by atoms with Crippen molar-refractivity contribution in [1.82, 2.24) is 19.7 Å². The van der Waals surface area contributed by atoms with Crippen LogP contribution in [0.4, 0.5) is 0 Å². The van der Waals surface area contributed by atoms with E-state index >= 15 is 0 Å². The lowest BCUT2D eigenvalue weighted by atomic mass is 9.96. The number of esters is 1. The predicted octanol–water partition coefficient (Wildman–Crippen LogP) is 4.17. The van der Waals surface area contributed by atoms with Gasteiger partial charge in [-0.2, -0.15) is 4.98 Å². The molecule has 0 saturated carbocycles. The molecule has 0 aromatic carbocycles. The minimum atomic E-state index is -0.726.